The van der Waals surface area contributed by atoms with Gasteiger partial charge in [-0.2, -0.15) is 4.79 Å². The standard InChI is InChI=1S/C24H27FN6O3/c1-15-21(26)24(13-34-15)9-11-30(12-10-24)31-22-19(23(32)29(2)14-27-22)17(28-31)8-7-16-5-4-6-18(33-3)20(16)25/h4-6,14-15,21H,9-13,26H2,1-3H3/t15-,21+/m0/s1. The molecule has 178 valence electrons. The van der Waals surface area contributed by atoms with Crippen LogP contribution < -0.4 is 21.0 Å². The molecule has 0 bridgehead atoms. The predicted octanol–water partition coefficient (Wildman–Crippen LogP) is 1.14. The largest absolute Gasteiger partial charge is 0.494 e. The molecule has 0 aliphatic carbocycles. The number of nitrogens with zero attached hydrogens (tertiary/aromatic N) is 5. The molecule has 0 amide bonds. The van der Waals surface area contributed by atoms with E-state index in [1.54, 1.807) is 24.0 Å². The van der Waals surface area contributed by atoms with Crippen LogP contribution in [0.15, 0.2) is 29.3 Å². The maximum Gasteiger partial charge on any atom is 0.265 e. The van der Waals surface area contributed by atoms with Crippen molar-refractivity contribution < 1.29 is 13.9 Å². The first-order valence-electron chi connectivity index (χ1n) is 11.3. The number of methoxy groups -OCH3 is 1. The summed E-state index contributed by atoms with van der Waals surface area (Å²) < 4.78 is 26.8. The van der Waals surface area contributed by atoms with Gasteiger partial charge in [-0.05, 0) is 37.8 Å². The monoisotopic (exact) mass is 466 g/mol. The van der Waals surface area contributed by atoms with Gasteiger partial charge < -0.3 is 19.8 Å². The van der Waals surface area contributed by atoms with Gasteiger partial charge in [0.2, 0.25) is 0 Å². The van der Waals surface area contributed by atoms with Gasteiger partial charge in [-0.15, -0.1) is 5.10 Å². The van der Waals surface area contributed by atoms with Crippen LogP contribution >= 0.6 is 0 Å². The number of aromatic nitrogens is 4. The highest BCUT2D eigenvalue weighted by Gasteiger charge is 2.47. The number of fused-ring (bicyclic) bond motifs is 1. The summed E-state index contributed by atoms with van der Waals surface area (Å²) in [6.07, 6.45) is 3.21. The number of hydrogen-bond donors (Lipinski definition) is 1. The molecular weight excluding hydrogens is 439 g/mol. The number of benzene rings is 1. The summed E-state index contributed by atoms with van der Waals surface area (Å²) in [7, 11) is 3.02. The second-order valence-corrected chi connectivity index (χ2v) is 9.03. The average molecular weight is 467 g/mol. The normalized spacial score (nSPS) is 21.6. The number of ether oxygens (including phenoxy) is 2. The van der Waals surface area contributed by atoms with Gasteiger partial charge in [0.15, 0.2) is 22.9 Å². The van der Waals surface area contributed by atoms with Crippen LogP contribution in [0.3, 0.4) is 0 Å². The Balaban J connectivity index is 1.52. The lowest BCUT2D eigenvalue weighted by Crippen LogP contribution is -2.53. The van der Waals surface area contributed by atoms with Crippen molar-refractivity contribution in [2.24, 2.45) is 18.2 Å². The summed E-state index contributed by atoms with van der Waals surface area (Å²) in [5.74, 6) is 5.23. The second kappa shape index (κ2) is 8.42. The lowest BCUT2D eigenvalue weighted by atomic mass is 9.74. The summed E-state index contributed by atoms with van der Waals surface area (Å²) in [5.41, 5.74) is 6.98. The van der Waals surface area contributed by atoms with Gasteiger partial charge in [0.1, 0.15) is 5.39 Å². The highest BCUT2D eigenvalue weighted by atomic mass is 19.1. The SMILES string of the molecule is COc1cccc(C#Cc2nn(N3CCC4(CC3)CO[C@@H](C)[C@H]4N)c3ncn(C)c(=O)c23)c1F. The van der Waals surface area contributed by atoms with Gasteiger partial charge in [0, 0.05) is 31.6 Å². The van der Waals surface area contributed by atoms with Gasteiger partial charge in [-0.1, -0.05) is 12.0 Å². The van der Waals surface area contributed by atoms with E-state index in [1.165, 1.54) is 24.1 Å². The van der Waals surface area contributed by atoms with Crippen LogP contribution in [0.25, 0.3) is 11.0 Å². The van der Waals surface area contributed by atoms with E-state index in [0.717, 1.165) is 12.8 Å². The summed E-state index contributed by atoms with van der Waals surface area (Å²) in [4.78, 5) is 19.1. The molecule has 2 fully saturated rings. The zero-order valence-corrected chi connectivity index (χ0v) is 19.4. The van der Waals surface area contributed by atoms with Crippen LogP contribution in [0, 0.1) is 23.1 Å². The first kappa shape index (κ1) is 22.4. The van der Waals surface area contributed by atoms with E-state index in [1.807, 2.05) is 11.9 Å². The molecule has 0 radical (unpaired) electrons. The summed E-state index contributed by atoms with van der Waals surface area (Å²) in [6.45, 7) is 4.05. The fraction of sp³-hybridized carbons (Fsp3) is 0.458. The Morgan fingerprint density at radius 3 is 2.74 bits per heavy atom. The lowest BCUT2D eigenvalue weighted by molar-refractivity contribution is 0.0953. The van der Waals surface area contributed by atoms with Crippen molar-refractivity contribution in [3.63, 3.8) is 0 Å². The average Bonchev–Trinajstić information content (AvgIpc) is 3.35. The zero-order chi connectivity index (χ0) is 24.0. The first-order chi connectivity index (χ1) is 16.3. The van der Waals surface area contributed by atoms with Crippen LogP contribution in [-0.4, -0.2) is 58.4 Å². The van der Waals surface area contributed by atoms with Crippen molar-refractivity contribution in [2.45, 2.75) is 31.9 Å². The maximum absolute atomic E-state index is 14.6. The molecule has 2 aromatic heterocycles. The summed E-state index contributed by atoms with van der Waals surface area (Å²) in [6, 6.07) is 4.73. The van der Waals surface area contributed by atoms with Crippen LogP contribution in [-0.2, 0) is 11.8 Å². The molecule has 4 heterocycles. The Kier molecular flexibility index (Phi) is 5.54. The molecule has 2 saturated heterocycles. The van der Waals surface area contributed by atoms with Crippen molar-refractivity contribution in [2.75, 3.05) is 31.8 Å². The van der Waals surface area contributed by atoms with Gasteiger partial charge in [0.25, 0.3) is 5.56 Å². The fourth-order valence-corrected chi connectivity index (χ4v) is 4.86. The van der Waals surface area contributed by atoms with E-state index >= 15 is 0 Å². The van der Waals surface area contributed by atoms with Crippen LogP contribution in [0.2, 0.25) is 0 Å². The van der Waals surface area contributed by atoms with E-state index < -0.39 is 5.82 Å². The molecular formula is C24H27FN6O3. The quantitative estimate of drug-likeness (QED) is 0.566. The van der Waals surface area contributed by atoms with Crippen molar-refractivity contribution >= 4 is 11.0 Å². The van der Waals surface area contributed by atoms with Crippen molar-refractivity contribution in [3.05, 3.63) is 52.0 Å². The molecule has 2 N–H and O–H groups in total. The Morgan fingerprint density at radius 1 is 1.29 bits per heavy atom. The van der Waals surface area contributed by atoms with Gasteiger partial charge in [-0.25, -0.2) is 9.37 Å². The Morgan fingerprint density at radius 2 is 2.06 bits per heavy atom. The maximum atomic E-state index is 14.6. The van der Waals surface area contributed by atoms with Crippen LogP contribution in [0.4, 0.5) is 4.39 Å². The molecule has 3 aromatic rings. The van der Waals surface area contributed by atoms with Crippen molar-refractivity contribution in [1.29, 1.82) is 0 Å². The molecule has 2 aliphatic rings. The first-order valence-corrected chi connectivity index (χ1v) is 11.3. The molecule has 5 rings (SSSR count). The number of nitrogens with two attached hydrogens (primary N) is 1. The van der Waals surface area contributed by atoms with Gasteiger partial charge in [-0.3, -0.25) is 9.80 Å². The highest BCUT2D eigenvalue weighted by molar-refractivity contribution is 5.80. The summed E-state index contributed by atoms with van der Waals surface area (Å²) >= 11 is 0. The predicted molar refractivity (Wildman–Crippen MR) is 125 cm³/mol. The minimum atomic E-state index is -0.557. The Hall–Kier alpha value is -3.42. The molecule has 2 aliphatic heterocycles. The van der Waals surface area contributed by atoms with Crippen LogP contribution in [0.1, 0.15) is 31.0 Å². The fourth-order valence-electron chi connectivity index (χ4n) is 4.86. The third kappa shape index (κ3) is 3.52. The molecule has 0 unspecified atom stereocenters. The number of aryl methyl sites for hydroxylation is 1. The minimum absolute atomic E-state index is 0.00591. The molecule has 1 aromatic carbocycles. The van der Waals surface area contributed by atoms with Crippen molar-refractivity contribution in [3.8, 4) is 17.6 Å². The van der Waals surface area contributed by atoms with E-state index in [4.69, 9.17) is 15.2 Å². The molecule has 1 spiro atoms. The molecule has 9 nitrogen and oxygen atoms in total. The molecule has 2 atom stereocenters. The van der Waals surface area contributed by atoms with E-state index in [0.29, 0.717) is 30.7 Å². The van der Waals surface area contributed by atoms with E-state index in [2.05, 4.69) is 21.9 Å². The highest BCUT2D eigenvalue weighted by Crippen LogP contribution is 2.40. The smallest absolute Gasteiger partial charge is 0.265 e. The summed E-state index contributed by atoms with van der Waals surface area (Å²) in [5, 5.41) is 6.98. The second-order valence-electron chi connectivity index (χ2n) is 9.03. The Bertz CT molecular complexity index is 1360. The number of halogens is 1. The van der Waals surface area contributed by atoms with E-state index in [9.17, 15) is 9.18 Å². The van der Waals surface area contributed by atoms with Gasteiger partial charge >= 0.3 is 0 Å². The topological polar surface area (TPSA) is 100 Å². The lowest BCUT2D eigenvalue weighted by Gasteiger charge is -2.41. The Labute approximate surface area is 196 Å². The van der Waals surface area contributed by atoms with Gasteiger partial charge in [0.05, 0.1) is 31.7 Å². The third-order valence-electron chi connectivity index (χ3n) is 7.08. The zero-order valence-electron chi connectivity index (χ0n) is 19.4. The number of hydrogen-bond acceptors (Lipinski definition) is 7. The molecule has 0 saturated carbocycles. The minimum Gasteiger partial charge on any atom is -0.494 e. The molecule has 10 heteroatoms. The van der Waals surface area contributed by atoms with E-state index in [-0.39, 0.29) is 40.1 Å². The van der Waals surface area contributed by atoms with Crippen molar-refractivity contribution in [1.82, 2.24) is 19.4 Å². The third-order valence-corrected chi connectivity index (χ3v) is 7.08. The number of piperidine rings is 1. The molecule has 34 heavy (non-hydrogen) atoms. The van der Waals surface area contributed by atoms with Crippen LogP contribution in [0.5, 0.6) is 5.75 Å². The number of rotatable bonds is 2.